The highest BCUT2D eigenvalue weighted by Gasteiger charge is 2.19. The predicted molar refractivity (Wildman–Crippen MR) is 298 cm³/mol. The van der Waals surface area contributed by atoms with Gasteiger partial charge in [0, 0.05) is 19.3 Å². The van der Waals surface area contributed by atoms with Crippen LogP contribution in [0.4, 0.5) is 0 Å². The summed E-state index contributed by atoms with van der Waals surface area (Å²) >= 11 is 0. The molecule has 406 valence electrons. The number of allylic oxidation sites excluding steroid dienone is 4. The number of ether oxygens (including phenoxy) is 3. The maximum atomic E-state index is 12.9. The van der Waals surface area contributed by atoms with Gasteiger partial charge in [-0.15, -0.1) is 0 Å². The van der Waals surface area contributed by atoms with Crippen molar-refractivity contribution < 1.29 is 28.6 Å². The van der Waals surface area contributed by atoms with Crippen molar-refractivity contribution in [2.45, 2.75) is 348 Å². The largest absolute Gasteiger partial charge is 0.462 e. The molecule has 1 unspecified atom stereocenters. The van der Waals surface area contributed by atoms with Gasteiger partial charge in [0.1, 0.15) is 13.2 Å². The van der Waals surface area contributed by atoms with Crippen molar-refractivity contribution in [2.75, 3.05) is 13.2 Å². The van der Waals surface area contributed by atoms with E-state index >= 15 is 0 Å². The molecular weight excluding hydrogens is 853 g/mol. The monoisotopic (exact) mass is 971 g/mol. The van der Waals surface area contributed by atoms with E-state index < -0.39 is 6.10 Å². The molecule has 0 N–H and O–H groups in total. The van der Waals surface area contributed by atoms with Gasteiger partial charge in [-0.1, -0.05) is 276 Å². The Bertz CT molecular complexity index is 1110. The van der Waals surface area contributed by atoms with Gasteiger partial charge in [0.15, 0.2) is 6.10 Å². The zero-order chi connectivity index (χ0) is 50.0. The smallest absolute Gasteiger partial charge is 0.306 e. The minimum atomic E-state index is -0.774. The average Bonchev–Trinajstić information content (AvgIpc) is 3.35. The maximum absolute atomic E-state index is 12.9. The summed E-state index contributed by atoms with van der Waals surface area (Å²) in [7, 11) is 0. The Labute approximate surface area is 430 Å². The Morgan fingerprint density at radius 3 is 0.725 bits per heavy atom. The highest BCUT2D eigenvalue weighted by atomic mass is 16.6. The standard InChI is InChI=1S/C63H118O6/c1-4-7-10-13-16-19-22-25-28-30-31-32-34-35-38-41-44-47-50-53-56-62(65)68-59-60(58-67-61(64)55-52-49-46-43-40-37-27-24-21-18-15-12-9-6-3)69-63(66)57-54-51-48-45-42-39-36-33-29-26-23-20-17-14-11-8-5-2/h24,26-27,29,60H,4-23,25,28,30-59H2,1-3H3/b27-24-,29-26-. The fraction of sp³-hybridized carbons (Fsp3) is 0.889. The fourth-order valence-electron chi connectivity index (χ4n) is 9.26. The summed E-state index contributed by atoms with van der Waals surface area (Å²) in [5.74, 6) is -0.861. The molecule has 0 radical (unpaired) electrons. The van der Waals surface area contributed by atoms with Gasteiger partial charge in [0.05, 0.1) is 0 Å². The van der Waals surface area contributed by atoms with E-state index in [0.29, 0.717) is 19.3 Å². The second-order valence-electron chi connectivity index (χ2n) is 21.0. The summed E-state index contributed by atoms with van der Waals surface area (Å²) in [6, 6.07) is 0. The Kier molecular flexibility index (Phi) is 56.7. The van der Waals surface area contributed by atoms with E-state index in [9.17, 15) is 14.4 Å². The molecule has 0 aliphatic carbocycles. The Morgan fingerprint density at radius 1 is 0.275 bits per heavy atom. The summed E-state index contributed by atoms with van der Waals surface area (Å²) in [5, 5.41) is 0. The second-order valence-corrected chi connectivity index (χ2v) is 21.0. The lowest BCUT2D eigenvalue weighted by atomic mass is 10.0. The van der Waals surface area contributed by atoms with Crippen LogP contribution >= 0.6 is 0 Å². The van der Waals surface area contributed by atoms with Crippen molar-refractivity contribution in [3.8, 4) is 0 Å². The second kappa shape index (κ2) is 58.5. The molecule has 0 aliphatic rings. The summed E-state index contributed by atoms with van der Waals surface area (Å²) < 4.78 is 16.9. The van der Waals surface area contributed by atoms with Crippen LogP contribution in [0.15, 0.2) is 24.3 Å². The van der Waals surface area contributed by atoms with E-state index in [2.05, 4.69) is 45.1 Å². The van der Waals surface area contributed by atoms with Gasteiger partial charge in [-0.25, -0.2) is 0 Å². The zero-order valence-electron chi connectivity index (χ0n) is 46.6. The minimum Gasteiger partial charge on any atom is -0.462 e. The lowest BCUT2D eigenvalue weighted by Crippen LogP contribution is -2.30. The van der Waals surface area contributed by atoms with Gasteiger partial charge < -0.3 is 14.2 Å². The molecule has 69 heavy (non-hydrogen) atoms. The van der Waals surface area contributed by atoms with Crippen molar-refractivity contribution in [1.29, 1.82) is 0 Å². The molecule has 1 atom stereocenters. The highest BCUT2D eigenvalue weighted by molar-refractivity contribution is 5.71. The molecule has 0 bridgehead atoms. The van der Waals surface area contributed by atoms with E-state index in [4.69, 9.17) is 14.2 Å². The van der Waals surface area contributed by atoms with Gasteiger partial charge in [-0.05, 0) is 70.6 Å². The van der Waals surface area contributed by atoms with Gasteiger partial charge >= 0.3 is 17.9 Å². The van der Waals surface area contributed by atoms with E-state index in [0.717, 1.165) is 64.2 Å². The summed E-state index contributed by atoms with van der Waals surface area (Å²) in [6.07, 6.45) is 68.9. The number of hydrogen-bond acceptors (Lipinski definition) is 6. The SMILES string of the molecule is CCCCCCC/C=C\CCCCCCCC(=O)OCC(COC(=O)CCCCCCCCCCCCCCCCCCCCCC)OC(=O)CCCCCCCCC/C=C\CCCCCCCC. The zero-order valence-corrected chi connectivity index (χ0v) is 46.6. The molecule has 0 spiro atoms. The summed E-state index contributed by atoms with van der Waals surface area (Å²) in [4.78, 5) is 38.2. The van der Waals surface area contributed by atoms with E-state index in [1.165, 1.54) is 238 Å². The van der Waals surface area contributed by atoms with Crippen LogP contribution in [0.1, 0.15) is 342 Å². The quantitative estimate of drug-likeness (QED) is 0.0261. The van der Waals surface area contributed by atoms with E-state index in [1.807, 2.05) is 0 Å². The third kappa shape index (κ3) is 56.7. The minimum absolute atomic E-state index is 0.0708. The molecular formula is C63H118O6. The molecule has 0 rings (SSSR count). The first-order valence-corrected chi connectivity index (χ1v) is 30.8. The van der Waals surface area contributed by atoms with Crippen LogP contribution in [0.2, 0.25) is 0 Å². The topological polar surface area (TPSA) is 78.9 Å². The molecule has 6 heteroatoms. The molecule has 0 amide bonds. The van der Waals surface area contributed by atoms with Crippen LogP contribution < -0.4 is 0 Å². The number of carbonyl (C=O) groups excluding carboxylic acids is 3. The lowest BCUT2D eigenvalue weighted by molar-refractivity contribution is -0.167. The number of carbonyl (C=O) groups is 3. The first-order chi connectivity index (χ1) is 34.0. The fourth-order valence-corrected chi connectivity index (χ4v) is 9.26. The van der Waals surface area contributed by atoms with E-state index in [1.54, 1.807) is 0 Å². The van der Waals surface area contributed by atoms with Crippen LogP contribution in [-0.2, 0) is 28.6 Å². The number of hydrogen-bond donors (Lipinski definition) is 0. The Balaban J connectivity index is 4.31. The van der Waals surface area contributed by atoms with Crippen LogP contribution in [0.3, 0.4) is 0 Å². The van der Waals surface area contributed by atoms with Crippen LogP contribution in [0, 0.1) is 0 Å². The van der Waals surface area contributed by atoms with Crippen molar-refractivity contribution in [1.82, 2.24) is 0 Å². The average molecular weight is 972 g/mol. The third-order valence-corrected chi connectivity index (χ3v) is 13.9. The Hall–Kier alpha value is -2.11. The normalized spacial score (nSPS) is 12.1. The van der Waals surface area contributed by atoms with Crippen molar-refractivity contribution >= 4 is 17.9 Å². The molecule has 0 aromatic heterocycles. The first kappa shape index (κ1) is 66.9. The molecule has 0 aliphatic heterocycles. The van der Waals surface area contributed by atoms with Crippen LogP contribution in [0.5, 0.6) is 0 Å². The van der Waals surface area contributed by atoms with Gasteiger partial charge in [-0.2, -0.15) is 0 Å². The predicted octanol–water partition coefficient (Wildman–Crippen LogP) is 20.7. The maximum Gasteiger partial charge on any atom is 0.306 e. The van der Waals surface area contributed by atoms with Crippen LogP contribution in [-0.4, -0.2) is 37.2 Å². The Morgan fingerprint density at radius 2 is 0.478 bits per heavy atom. The molecule has 0 saturated carbocycles. The highest BCUT2D eigenvalue weighted by Crippen LogP contribution is 2.17. The van der Waals surface area contributed by atoms with Crippen molar-refractivity contribution in [2.24, 2.45) is 0 Å². The van der Waals surface area contributed by atoms with Gasteiger partial charge in [-0.3, -0.25) is 14.4 Å². The first-order valence-electron chi connectivity index (χ1n) is 30.8. The molecule has 0 saturated heterocycles. The third-order valence-electron chi connectivity index (χ3n) is 13.9. The summed E-state index contributed by atoms with van der Waals surface area (Å²) in [6.45, 7) is 6.68. The number of esters is 3. The number of rotatable bonds is 57. The molecule has 0 fully saturated rings. The lowest BCUT2D eigenvalue weighted by Gasteiger charge is -2.18. The van der Waals surface area contributed by atoms with Crippen LogP contribution in [0.25, 0.3) is 0 Å². The van der Waals surface area contributed by atoms with Crippen molar-refractivity contribution in [3.05, 3.63) is 24.3 Å². The van der Waals surface area contributed by atoms with E-state index in [-0.39, 0.29) is 31.1 Å². The molecule has 0 aromatic carbocycles. The van der Waals surface area contributed by atoms with Crippen molar-refractivity contribution in [3.63, 3.8) is 0 Å². The van der Waals surface area contributed by atoms with Gasteiger partial charge in [0.2, 0.25) is 0 Å². The van der Waals surface area contributed by atoms with Gasteiger partial charge in [0.25, 0.3) is 0 Å². The molecule has 0 aromatic rings. The summed E-state index contributed by atoms with van der Waals surface area (Å²) in [5.41, 5.74) is 0. The number of unbranched alkanes of at least 4 members (excludes halogenated alkanes) is 42. The molecule has 0 heterocycles. The molecule has 6 nitrogen and oxygen atoms in total.